The molecule has 7 heteroatoms. The molecule has 29 heavy (non-hydrogen) atoms. The number of aromatic nitrogens is 4. The lowest BCUT2D eigenvalue weighted by molar-refractivity contribution is 0.432. The minimum Gasteiger partial charge on any atom is -0.334 e. The number of nitrogens with zero attached hydrogens (tertiary/aromatic N) is 3. The first kappa shape index (κ1) is 18.9. The average Bonchev–Trinajstić information content (AvgIpc) is 3.18. The zero-order valence-corrected chi connectivity index (χ0v) is 16.6. The molecule has 0 aliphatic carbocycles. The summed E-state index contributed by atoms with van der Waals surface area (Å²) in [4.78, 5) is 32.3. The molecule has 2 heterocycles. The number of hydrogen-bond acceptors (Lipinski definition) is 5. The molecule has 2 aromatic heterocycles. The maximum Gasteiger partial charge on any atom is 0.328 e. The number of H-pyrrole nitrogens is 1. The molecule has 0 aliphatic heterocycles. The van der Waals surface area contributed by atoms with Crippen molar-refractivity contribution in [3.63, 3.8) is 0 Å². The first-order valence-corrected chi connectivity index (χ1v) is 9.60. The molecule has 0 atom stereocenters. The van der Waals surface area contributed by atoms with Gasteiger partial charge in [-0.1, -0.05) is 48.8 Å². The highest BCUT2D eigenvalue weighted by atomic mass is 16.5. The van der Waals surface area contributed by atoms with Crippen LogP contribution in [0.1, 0.15) is 25.8 Å². The molecule has 1 N–H and O–H groups in total. The Balaban J connectivity index is 1.71. The van der Waals surface area contributed by atoms with E-state index in [0.717, 1.165) is 17.5 Å². The van der Waals surface area contributed by atoms with Crippen molar-refractivity contribution in [1.82, 2.24) is 19.7 Å². The number of aryl methyl sites for hydroxylation is 1. The van der Waals surface area contributed by atoms with E-state index >= 15 is 0 Å². The van der Waals surface area contributed by atoms with E-state index in [2.05, 4.69) is 29.0 Å². The molecule has 4 aromatic rings. The normalized spacial score (nSPS) is 11.4. The Morgan fingerprint density at radius 3 is 2.52 bits per heavy atom. The SMILES string of the molecule is Cc1ccc(-c2noc(-c3ccc4c(=O)n(CCC(C)C)c(=O)[nH]c4c3)n2)cc1. The largest absolute Gasteiger partial charge is 0.334 e. The summed E-state index contributed by atoms with van der Waals surface area (Å²) in [6.45, 7) is 6.52. The maximum atomic E-state index is 12.7. The Hall–Kier alpha value is -3.48. The van der Waals surface area contributed by atoms with Crippen molar-refractivity contribution in [3.05, 3.63) is 68.9 Å². The molecule has 0 spiro atoms. The third-order valence-electron chi connectivity index (χ3n) is 4.89. The van der Waals surface area contributed by atoms with Crippen LogP contribution in [0.25, 0.3) is 33.7 Å². The zero-order chi connectivity index (χ0) is 20.5. The van der Waals surface area contributed by atoms with Crippen LogP contribution in [0.4, 0.5) is 0 Å². The number of rotatable bonds is 5. The van der Waals surface area contributed by atoms with E-state index in [1.165, 1.54) is 4.57 Å². The summed E-state index contributed by atoms with van der Waals surface area (Å²) in [6.07, 6.45) is 0.760. The van der Waals surface area contributed by atoms with Crippen LogP contribution < -0.4 is 11.2 Å². The molecule has 7 nitrogen and oxygen atoms in total. The van der Waals surface area contributed by atoms with Gasteiger partial charge in [-0.3, -0.25) is 9.36 Å². The van der Waals surface area contributed by atoms with Crippen LogP contribution in [0.15, 0.2) is 56.6 Å². The van der Waals surface area contributed by atoms with Gasteiger partial charge in [0.1, 0.15) is 0 Å². The van der Waals surface area contributed by atoms with Crippen molar-refractivity contribution in [2.75, 3.05) is 0 Å². The smallest absolute Gasteiger partial charge is 0.328 e. The molecule has 0 saturated carbocycles. The molecule has 0 bridgehead atoms. The summed E-state index contributed by atoms with van der Waals surface area (Å²) in [5, 5.41) is 4.49. The fraction of sp³-hybridized carbons (Fsp3) is 0.273. The average molecular weight is 390 g/mol. The van der Waals surface area contributed by atoms with Gasteiger partial charge in [0.15, 0.2) is 0 Å². The van der Waals surface area contributed by atoms with Gasteiger partial charge in [-0.05, 0) is 37.5 Å². The number of benzene rings is 2. The molecule has 0 aliphatic rings. The molecule has 2 aromatic carbocycles. The van der Waals surface area contributed by atoms with Gasteiger partial charge < -0.3 is 9.51 Å². The van der Waals surface area contributed by atoms with E-state index < -0.39 is 5.69 Å². The molecular formula is C22H22N4O3. The third-order valence-corrected chi connectivity index (χ3v) is 4.89. The Bertz CT molecular complexity index is 1280. The van der Waals surface area contributed by atoms with Crippen molar-refractivity contribution < 1.29 is 4.52 Å². The van der Waals surface area contributed by atoms with Gasteiger partial charge in [0.25, 0.3) is 11.4 Å². The van der Waals surface area contributed by atoms with Gasteiger partial charge in [0.2, 0.25) is 5.82 Å². The van der Waals surface area contributed by atoms with Crippen LogP contribution in [0.2, 0.25) is 0 Å². The summed E-state index contributed by atoms with van der Waals surface area (Å²) < 4.78 is 6.65. The fourth-order valence-electron chi connectivity index (χ4n) is 3.14. The predicted molar refractivity (Wildman–Crippen MR) is 112 cm³/mol. The van der Waals surface area contributed by atoms with E-state index in [-0.39, 0.29) is 5.56 Å². The van der Waals surface area contributed by atoms with Gasteiger partial charge >= 0.3 is 5.69 Å². The quantitative estimate of drug-likeness (QED) is 0.560. The van der Waals surface area contributed by atoms with E-state index in [9.17, 15) is 9.59 Å². The first-order chi connectivity index (χ1) is 13.9. The number of hydrogen-bond donors (Lipinski definition) is 1. The molecule has 0 saturated heterocycles. The standard InChI is InChI=1S/C22H22N4O3/c1-13(2)10-11-26-21(27)17-9-8-16(12-18(17)23-22(26)28)20-24-19(25-29-20)15-6-4-14(3)5-7-15/h4-9,12-13H,10-11H2,1-3H3,(H,23,28). The van der Waals surface area contributed by atoms with Crippen LogP contribution in [0.5, 0.6) is 0 Å². The summed E-state index contributed by atoms with van der Waals surface area (Å²) in [6, 6.07) is 13.0. The maximum absolute atomic E-state index is 12.7. The topological polar surface area (TPSA) is 93.8 Å². The predicted octanol–water partition coefficient (Wildman–Crippen LogP) is 3.76. The van der Waals surface area contributed by atoms with E-state index in [1.54, 1.807) is 18.2 Å². The number of aromatic amines is 1. The second-order valence-electron chi connectivity index (χ2n) is 7.62. The lowest BCUT2D eigenvalue weighted by Crippen LogP contribution is -2.35. The van der Waals surface area contributed by atoms with Crippen molar-refractivity contribution in [2.45, 2.75) is 33.7 Å². The van der Waals surface area contributed by atoms with Gasteiger partial charge in [0.05, 0.1) is 10.9 Å². The lowest BCUT2D eigenvalue weighted by Gasteiger charge is -2.08. The van der Waals surface area contributed by atoms with Crippen LogP contribution in [0, 0.1) is 12.8 Å². The number of nitrogens with one attached hydrogen (secondary N) is 1. The Morgan fingerprint density at radius 2 is 1.79 bits per heavy atom. The van der Waals surface area contributed by atoms with Crippen LogP contribution in [-0.2, 0) is 6.54 Å². The Morgan fingerprint density at radius 1 is 1.07 bits per heavy atom. The minimum absolute atomic E-state index is 0.290. The van der Waals surface area contributed by atoms with Gasteiger partial charge in [0, 0.05) is 17.7 Å². The summed E-state index contributed by atoms with van der Waals surface area (Å²) in [5.74, 6) is 1.21. The van der Waals surface area contributed by atoms with Gasteiger partial charge in [-0.25, -0.2) is 4.79 Å². The Labute approximate surface area is 167 Å². The Kier molecular flexibility index (Phi) is 4.88. The van der Waals surface area contributed by atoms with Crippen LogP contribution >= 0.6 is 0 Å². The summed E-state index contributed by atoms with van der Waals surface area (Å²) in [5.41, 5.74) is 2.39. The molecule has 0 unspecified atom stereocenters. The fourth-order valence-corrected chi connectivity index (χ4v) is 3.14. The van der Waals surface area contributed by atoms with E-state index in [1.807, 2.05) is 31.2 Å². The molecular weight excluding hydrogens is 368 g/mol. The van der Waals surface area contributed by atoms with Crippen molar-refractivity contribution in [1.29, 1.82) is 0 Å². The van der Waals surface area contributed by atoms with E-state index in [4.69, 9.17) is 4.52 Å². The van der Waals surface area contributed by atoms with Crippen molar-refractivity contribution in [3.8, 4) is 22.8 Å². The second-order valence-corrected chi connectivity index (χ2v) is 7.62. The highest BCUT2D eigenvalue weighted by Crippen LogP contribution is 2.24. The number of fused-ring (bicyclic) bond motifs is 1. The van der Waals surface area contributed by atoms with Gasteiger partial charge in [-0.15, -0.1) is 0 Å². The zero-order valence-electron chi connectivity index (χ0n) is 16.6. The highest BCUT2D eigenvalue weighted by Gasteiger charge is 2.14. The third kappa shape index (κ3) is 3.76. The highest BCUT2D eigenvalue weighted by molar-refractivity contribution is 5.82. The monoisotopic (exact) mass is 390 g/mol. The molecule has 148 valence electrons. The molecule has 4 rings (SSSR count). The molecule has 0 fully saturated rings. The van der Waals surface area contributed by atoms with E-state index in [0.29, 0.717) is 40.6 Å². The molecule has 0 radical (unpaired) electrons. The van der Waals surface area contributed by atoms with Crippen molar-refractivity contribution in [2.24, 2.45) is 5.92 Å². The van der Waals surface area contributed by atoms with Crippen molar-refractivity contribution >= 4 is 10.9 Å². The van der Waals surface area contributed by atoms with Gasteiger partial charge in [-0.2, -0.15) is 4.98 Å². The minimum atomic E-state index is -0.411. The lowest BCUT2D eigenvalue weighted by atomic mass is 10.1. The second kappa shape index (κ2) is 7.50. The first-order valence-electron chi connectivity index (χ1n) is 9.60. The van der Waals surface area contributed by atoms with Crippen LogP contribution in [-0.4, -0.2) is 19.7 Å². The summed E-state index contributed by atoms with van der Waals surface area (Å²) >= 11 is 0. The molecule has 0 amide bonds. The summed E-state index contributed by atoms with van der Waals surface area (Å²) in [7, 11) is 0. The van der Waals surface area contributed by atoms with Crippen LogP contribution in [0.3, 0.4) is 0 Å².